The molecule has 0 spiro atoms. The Morgan fingerprint density at radius 3 is 2.56 bits per heavy atom. The van der Waals surface area contributed by atoms with E-state index in [0.717, 1.165) is 25.6 Å². The van der Waals surface area contributed by atoms with Gasteiger partial charge >= 0.3 is 0 Å². The van der Waals surface area contributed by atoms with E-state index in [4.69, 9.17) is 5.73 Å². The van der Waals surface area contributed by atoms with Crippen LogP contribution in [0.25, 0.3) is 0 Å². The molecule has 0 aliphatic heterocycles. The zero-order chi connectivity index (χ0) is 12.0. The molecule has 0 amide bonds. The Bertz CT molecular complexity index is 323. The van der Waals surface area contributed by atoms with Crippen LogP contribution >= 0.6 is 0 Å². The highest BCUT2D eigenvalue weighted by atomic mass is 19.1. The molecule has 0 saturated carbocycles. The first-order valence-electron chi connectivity index (χ1n) is 5.53. The zero-order valence-corrected chi connectivity index (χ0v) is 9.55. The van der Waals surface area contributed by atoms with Gasteiger partial charge in [-0.05, 0) is 19.0 Å². The highest BCUT2D eigenvalue weighted by molar-refractivity contribution is 5.18. The Labute approximate surface area is 95.1 Å². The number of nitrogens with zero attached hydrogens (tertiary/aromatic N) is 1. The van der Waals surface area contributed by atoms with Gasteiger partial charge in [0.25, 0.3) is 0 Å². The topological polar surface area (TPSA) is 29.3 Å². The lowest BCUT2D eigenvalue weighted by Gasteiger charge is -2.21. The molecule has 0 unspecified atom stereocenters. The third kappa shape index (κ3) is 3.87. The summed E-state index contributed by atoms with van der Waals surface area (Å²) in [6.07, 6.45) is 0.989. The molecule has 4 heteroatoms. The maximum Gasteiger partial charge on any atom is 0.130 e. The lowest BCUT2D eigenvalue weighted by molar-refractivity contribution is 0.269. The molecule has 1 aromatic rings. The Balaban J connectivity index is 2.68. The van der Waals surface area contributed by atoms with Gasteiger partial charge in [-0.2, -0.15) is 0 Å². The molecule has 0 aliphatic rings. The van der Waals surface area contributed by atoms with Gasteiger partial charge in [-0.1, -0.05) is 13.0 Å². The van der Waals surface area contributed by atoms with Gasteiger partial charge in [0.2, 0.25) is 0 Å². The predicted molar refractivity (Wildman–Crippen MR) is 61.0 cm³/mol. The second-order valence-electron chi connectivity index (χ2n) is 3.80. The number of hydrogen-bond acceptors (Lipinski definition) is 2. The van der Waals surface area contributed by atoms with E-state index < -0.39 is 11.6 Å². The van der Waals surface area contributed by atoms with Gasteiger partial charge in [0, 0.05) is 31.3 Å². The summed E-state index contributed by atoms with van der Waals surface area (Å²) in [5, 5.41) is 0. The van der Waals surface area contributed by atoms with Crippen LogP contribution in [0.5, 0.6) is 0 Å². The van der Waals surface area contributed by atoms with Crippen LogP contribution in [-0.2, 0) is 6.54 Å². The molecule has 2 N–H and O–H groups in total. The van der Waals surface area contributed by atoms with E-state index in [0.29, 0.717) is 18.7 Å². The van der Waals surface area contributed by atoms with Crippen molar-refractivity contribution >= 4 is 0 Å². The Morgan fingerprint density at radius 1 is 1.25 bits per heavy atom. The minimum absolute atomic E-state index is 0.483. The number of benzene rings is 1. The van der Waals surface area contributed by atoms with Crippen molar-refractivity contribution in [2.75, 3.05) is 19.6 Å². The molecular weight excluding hydrogens is 210 g/mol. The molecule has 1 rings (SSSR count). The summed E-state index contributed by atoms with van der Waals surface area (Å²) >= 11 is 0. The second-order valence-corrected chi connectivity index (χ2v) is 3.80. The minimum Gasteiger partial charge on any atom is -0.329 e. The zero-order valence-electron chi connectivity index (χ0n) is 9.55. The molecule has 0 radical (unpaired) electrons. The van der Waals surface area contributed by atoms with Crippen molar-refractivity contribution in [3.8, 4) is 0 Å². The molecular formula is C12H18F2N2. The van der Waals surface area contributed by atoms with Crippen molar-refractivity contribution in [1.29, 1.82) is 0 Å². The van der Waals surface area contributed by atoms with E-state index in [1.165, 1.54) is 12.1 Å². The lowest BCUT2D eigenvalue weighted by atomic mass is 10.2. The fraction of sp³-hybridized carbons (Fsp3) is 0.500. The van der Waals surface area contributed by atoms with Crippen molar-refractivity contribution in [2.24, 2.45) is 5.73 Å². The number of rotatable bonds is 6. The van der Waals surface area contributed by atoms with Crippen LogP contribution in [0, 0.1) is 11.6 Å². The number of hydrogen-bond donors (Lipinski definition) is 1. The van der Waals surface area contributed by atoms with Crippen LogP contribution in [0.3, 0.4) is 0 Å². The summed E-state index contributed by atoms with van der Waals surface area (Å²) in [6.45, 7) is 4.68. The predicted octanol–water partition coefficient (Wildman–Crippen LogP) is 2.14. The highest BCUT2D eigenvalue weighted by Crippen LogP contribution is 2.12. The molecule has 0 aromatic heterocycles. The Hall–Kier alpha value is -1.00. The fourth-order valence-electron chi connectivity index (χ4n) is 1.66. The first-order chi connectivity index (χ1) is 7.67. The first-order valence-corrected chi connectivity index (χ1v) is 5.53. The van der Waals surface area contributed by atoms with Crippen LogP contribution in [0.15, 0.2) is 18.2 Å². The lowest BCUT2D eigenvalue weighted by Crippen LogP contribution is -2.30. The third-order valence-electron chi connectivity index (χ3n) is 2.39. The average Bonchev–Trinajstić information content (AvgIpc) is 2.23. The van der Waals surface area contributed by atoms with Crippen molar-refractivity contribution in [2.45, 2.75) is 19.9 Å². The monoisotopic (exact) mass is 228 g/mol. The van der Waals surface area contributed by atoms with E-state index >= 15 is 0 Å². The summed E-state index contributed by atoms with van der Waals surface area (Å²) in [4.78, 5) is 2.07. The van der Waals surface area contributed by atoms with Crippen LogP contribution in [0.4, 0.5) is 8.78 Å². The molecule has 16 heavy (non-hydrogen) atoms. The molecule has 0 fully saturated rings. The maximum absolute atomic E-state index is 13.4. The SMILES string of the molecule is CCCN(CCN)Cc1ccc(F)cc1F. The molecule has 0 heterocycles. The quantitative estimate of drug-likeness (QED) is 0.808. The van der Waals surface area contributed by atoms with Gasteiger partial charge < -0.3 is 5.73 Å². The van der Waals surface area contributed by atoms with Crippen molar-refractivity contribution in [1.82, 2.24) is 4.90 Å². The summed E-state index contributed by atoms with van der Waals surface area (Å²) in [6, 6.07) is 3.69. The molecule has 1 aromatic carbocycles. The van der Waals surface area contributed by atoms with E-state index in [2.05, 4.69) is 11.8 Å². The van der Waals surface area contributed by atoms with E-state index in [1.54, 1.807) is 0 Å². The van der Waals surface area contributed by atoms with Gasteiger partial charge in [0.1, 0.15) is 11.6 Å². The van der Waals surface area contributed by atoms with Gasteiger partial charge in [0.15, 0.2) is 0 Å². The van der Waals surface area contributed by atoms with Gasteiger partial charge in [-0.3, -0.25) is 4.90 Å². The average molecular weight is 228 g/mol. The first kappa shape index (κ1) is 13.1. The number of nitrogens with two attached hydrogens (primary N) is 1. The third-order valence-corrected chi connectivity index (χ3v) is 2.39. The van der Waals surface area contributed by atoms with Crippen LogP contribution < -0.4 is 5.73 Å². The summed E-state index contributed by atoms with van der Waals surface area (Å²) in [5.74, 6) is -1.03. The van der Waals surface area contributed by atoms with E-state index in [-0.39, 0.29) is 0 Å². The van der Waals surface area contributed by atoms with Crippen molar-refractivity contribution < 1.29 is 8.78 Å². The highest BCUT2D eigenvalue weighted by Gasteiger charge is 2.08. The summed E-state index contributed by atoms with van der Waals surface area (Å²) in [7, 11) is 0. The van der Waals surface area contributed by atoms with Crippen molar-refractivity contribution in [3.05, 3.63) is 35.4 Å². The normalized spacial score (nSPS) is 11.1. The maximum atomic E-state index is 13.4. The standard InChI is InChI=1S/C12H18F2N2/c1-2-6-16(7-5-15)9-10-3-4-11(13)8-12(10)14/h3-4,8H,2,5-7,9,15H2,1H3. The molecule has 0 aliphatic carbocycles. The Morgan fingerprint density at radius 2 is 2.00 bits per heavy atom. The number of halogens is 2. The van der Waals surface area contributed by atoms with Crippen LogP contribution in [0.2, 0.25) is 0 Å². The summed E-state index contributed by atoms with van der Waals surface area (Å²) < 4.78 is 26.1. The largest absolute Gasteiger partial charge is 0.329 e. The van der Waals surface area contributed by atoms with Crippen LogP contribution in [-0.4, -0.2) is 24.5 Å². The van der Waals surface area contributed by atoms with Crippen LogP contribution in [0.1, 0.15) is 18.9 Å². The molecule has 90 valence electrons. The van der Waals surface area contributed by atoms with Gasteiger partial charge in [-0.15, -0.1) is 0 Å². The molecule has 0 atom stereocenters. The minimum atomic E-state index is -0.540. The van der Waals surface area contributed by atoms with Gasteiger partial charge in [0.05, 0.1) is 0 Å². The summed E-state index contributed by atoms with van der Waals surface area (Å²) in [5.41, 5.74) is 6.00. The van der Waals surface area contributed by atoms with E-state index in [1.807, 2.05) is 0 Å². The fourth-order valence-corrected chi connectivity index (χ4v) is 1.66. The molecule has 0 bridgehead atoms. The van der Waals surface area contributed by atoms with E-state index in [9.17, 15) is 8.78 Å². The smallest absolute Gasteiger partial charge is 0.130 e. The van der Waals surface area contributed by atoms with Crippen molar-refractivity contribution in [3.63, 3.8) is 0 Å². The molecule has 2 nitrogen and oxygen atoms in total. The molecule has 0 saturated heterocycles. The second kappa shape index (κ2) is 6.55. The Kier molecular flexibility index (Phi) is 5.35. The van der Waals surface area contributed by atoms with Gasteiger partial charge in [-0.25, -0.2) is 8.78 Å².